The van der Waals surface area contributed by atoms with Gasteiger partial charge in [0.2, 0.25) is 5.78 Å². The largest absolute Gasteiger partial charge is 0.481 e. The van der Waals surface area contributed by atoms with Crippen molar-refractivity contribution in [3.63, 3.8) is 0 Å². The fourth-order valence-electron chi connectivity index (χ4n) is 2.37. The number of fused-ring (bicyclic) bond motifs is 1. The maximum atomic E-state index is 10.5. The third-order valence-electron chi connectivity index (χ3n) is 3.17. The predicted octanol–water partition coefficient (Wildman–Crippen LogP) is 0.636. The van der Waals surface area contributed by atoms with Crippen molar-refractivity contribution in [1.29, 1.82) is 0 Å². The second kappa shape index (κ2) is 4.38. The second-order valence-electron chi connectivity index (χ2n) is 4.72. The Labute approximate surface area is 104 Å². The van der Waals surface area contributed by atoms with E-state index in [0.717, 1.165) is 25.3 Å². The van der Waals surface area contributed by atoms with E-state index in [-0.39, 0.29) is 12.3 Å². The van der Waals surface area contributed by atoms with Gasteiger partial charge in [-0.2, -0.15) is 0 Å². The third-order valence-corrected chi connectivity index (χ3v) is 3.17. The van der Waals surface area contributed by atoms with Gasteiger partial charge < -0.3 is 5.11 Å². The number of rotatable bonds is 4. The molecule has 1 aliphatic heterocycles. The predicted molar refractivity (Wildman–Crippen MR) is 64.0 cm³/mol. The number of likely N-dealkylation sites (tertiary alicyclic amines) is 1. The molecule has 1 N–H and O–H groups in total. The lowest BCUT2D eigenvalue weighted by Gasteiger charge is -2.38. The average Bonchev–Trinajstić information content (AvgIpc) is 2.67. The Hall–Kier alpha value is -1.95. The summed E-state index contributed by atoms with van der Waals surface area (Å²) >= 11 is 0. The third kappa shape index (κ3) is 2.19. The van der Waals surface area contributed by atoms with Crippen molar-refractivity contribution in [3.05, 3.63) is 30.4 Å². The van der Waals surface area contributed by atoms with E-state index in [4.69, 9.17) is 5.11 Å². The fourth-order valence-corrected chi connectivity index (χ4v) is 2.37. The summed E-state index contributed by atoms with van der Waals surface area (Å²) in [6, 6.07) is 1.87. The second-order valence-corrected chi connectivity index (χ2v) is 4.72. The molecule has 0 bridgehead atoms. The van der Waals surface area contributed by atoms with E-state index in [1.54, 1.807) is 6.20 Å². The van der Waals surface area contributed by atoms with Crippen LogP contribution in [0.15, 0.2) is 24.7 Å². The molecule has 2 aromatic rings. The molecule has 0 radical (unpaired) electrons. The van der Waals surface area contributed by atoms with Gasteiger partial charge in [0.25, 0.3) is 0 Å². The molecule has 3 heterocycles. The number of carboxylic acids is 1. The Kier molecular flexibility index (Phi) is 2.71. The van der Waals surface area contributed by atoms with E-state index < -0.39 is 5.97 Å². The minimum absolute atomic E-state index is 0.267. The summed E-state index contributed by atoms with van der Waals surface area (Å²) in [6.07, 6.45) is 5.87. The smallest absolute Gasteiger partial charge is 0.303 e. The van der Waals surface area contributed by atoms with Crippen LogP contribution in [-0.4, -0.2) is 43.4 Å². The van der Waals surface area contributed by atoms with Gasteiger partial charge in [-0.05, 0) is 12.0 Å². The van der Waals surface area contributed by atoms with Gasteiger partial charge in [-0.1, -0.05) is 0 Å². The number of hydrogen-bond donors (Lipinski definition) is 1. The molecule has 18 heavy (non-hydrogen) atoms. The van der Waals surface area contributed by atoms with Crippen molar-refractivity contribution in [3.8, 4) is 0 Å². The van der Waals surface area contributed by atoms with Crippen LogP contribution in [0.1, 0.15) is 12.1 Å². The molecule has 1 fully saturated rings. The first-order valence-corrected chi connectivity index (χ1v) is 5.93. The minimum Gasteiger partial charge on any atom is -0.481 e. The van der Waals surface area contributed by atoms with Gasteiger partial charge in [-0.3, -0.25) is 14.1 Å². The molecular weight excluding hydrogens is 232 g/mol. The van der Waals surface area contributed by atoms with Gasteiger partial charge in [-0.25, -0.2) is 9.97 Å². The molecule has 0 aliphatic carbocycles. The molecule has 1 saturated heterocycles. The number of hydrogen-bond acceptors (Lipinski definition) is 4. The van der Waals surface area contributed by atoms with Crippen molar-refractivity contribution >= 4 is 11.7 Å². The summed E-state index contributed by atoms with van der Waals surface area (Å²) in [5.41, 5.74) is 0.975. The van der Waals surface area contributed by atoms with Gasteiger partial charge >= 0.3 is 5.97 Å². The molecule has 0 spiro atoms. The van der Waals surface area contributed by atoms with Gasteiger partial charge in [0.05, 0.1) is 12.1 Å². The topological polar surface area (TPSA) is 70.7 Å². The zero-order valence-electron chi connectivity index (χ0n) is 9.86. The van der Waals surface area contributed by atoms with Crippen molar-refractivity contribution in [2.24, 2.45) is 5.92 Å². The van der Waals surface area contributed by atoms with Crippen LogP contribution >= 0.6 is 0 Å². The molecule has 6 nitrogen and oxygen atoms in total. The van der Waals surface area contributed by atoms with E-state index in [9.17, 15) is 4.79 Å². The van der Waals surface area contributed by atoms with Gasteiger partial charge in [-0.15, -0.1) is 0 Å². The summed E-state index contributed by atoms with van der Waals surface area (Å²) < 4.78 is 1.89. The summed E-state index contributed by atoms with van der Waals surface area (Å²) in [6.45, 7) is 2.45. The van der Waals surface area contributed by atoms with Crippen LogP contribution in [0.2, 0.25) is 0 Å². The van der Waals surface area contributed by atoms with Crippen LogP contribution in [0.3, 0.4) is 0 Å². The van der Waals surface area contributed by atoms with Crippen LogP contribution in [0, 0.1) is 5.92 Å². The van der Waals surface area contributed by atoms with Gasteiger partial charge in [0, 0.05) is 38.2 Å². The molecule has 6 heteroatoms. The van der Waals surface area contributed by atoms with Crippen LogP contribution in [0.25, 0.3) is 5.78 Å². The summed E-state index contributed by atoms with van der Waals surface area (Å²) in [4.78, 5) is 21.3. The van der Waals surface area contributed by atoms with Gasteiger partial charge in [0.1, 0.15) is 0 Å². The van der Waals surface area contributed by atoms with Crippen molar-refractivity contribution in [2.75, 3.05) is 13.1 Å². The van der Waals surface area contributed by atoms with Crippen LogP contribution < -0.4 is 0 Å². The molecular formula is C12H14N4O2. The maximum Gasteiger partial charge on any atom is 0.303 e. The quantitative estimate of drug-likeness (QED) is 0.857. The lowest BCUT2D eigenvalue weighted by atomic mass is 9.96. The highest BCUT2D eigenvalue weighted by Crippen LogP contribution is 2.21. The highest BCUT2D eigenvalue weighted by atomic mass is 16.4. The van der Waals surface area contributed by atoms with Gasteiger partial charge in [0.15, 0.2) is 0 Å². The Morgan fingerprint density at radius 1 is 1.50 bits per heavy atom. The molecule has 3 rings (SSSR count). The van der Waals surface area contributed by atoms with Crippen molar-refractivity contribution in [1.82, 2.24) is 19.3 Å². The summed E-state index contributed by atoms with van der Waals surface area (Å²) in [7, 11) is 0. The number of imidazole rings is 1. The molecule has 0 amide bonds. The lowest BCUT2D eigenvalue weighted by Crippen LogP contribution is -2.46. The Morgan fingerprint density at radius 3 is 3.06 bits per heavy atom. The maximum absolute atomic E-state index is 10.5. The molecule has 0 atom stereocenters. The molecule has 94 valence electrons. The SMILES string of the molecule is O=C(O)CC1CN(Cc2cn3cccnc3n2)C1. The number of carboxylic acid groups (broad SMARTS) is 1. The number of carbonyl (C=O) groups is 1. The molecule has 0 saturated carbocycles. The number of aromatic nitrogens is 3. The van der Waals surface area contributed by atoms with E-state index in [2.05, 4.69) is 14.9 Å². The first-order valence-electron chi connectivity index (χ1n) is 5.93. The summed E-state index contributed by atoms with van der Waals surface area (Å²) in [5, 5.41) is 8.68. The lowest BCUT2D eigenvalue weighted by molar-refractivity contribution is -0.139. The standard InChI is InChI=1S/C12H14N4O2/c17-11(18)4-9-5-15(6-9)7-10-8-16-3-1-2-13-12(16)14-10/h1-3,8-9H,4-7H2,(H,17,18). The Balaban J connectivity index is 1.59. The fraction of sp³-hybridized carbons (Fsp3) is 0.417. The van der Waals surface area contributed by atoms with E-state index in [1.807, 2.05) is 22.9 Å². The zero-order chi connectivity index (χ0) is 12.5. The Bertz CT molecular complexity index is 541. The number of aliphatic carboxylic acids is 1. The van der Waals surface area contributed by atoms with E-state index in [1.165, 1.54) is 0 Å². The van der Waals surface area contributed by atoms with Crippen molar-refractivity contribution in [2.45, 2.75) is 13.0 Å². The first-order chi connectivity index (χ1) is 8.70. The first kappa shape index (κ1) is 11.2. The van der Waals surface area contributed by atoms with E-state index in [0.29, 0.717) is 5.78 Å². The zero-order valence-corrected chi connectivity index (χ0v) is 9.86. The highest BCUT2D eigenvalue weighted by Gasteiger charge is 2.28. The van der Waals surface area contributed by atoms with E-state index >= 15 is 0 Å². The molecule has 0 aromatic carbocycles. The summed E-state index contributed by atoms with van der Waals surface area (Å²) in [5.74, 6) is 0.282. The van der Waals surface area contributed by atoms with Crippen LogP contribution in [-0.2, 0) is 11.3 Å². The molecule has 1 aliphatic rings. The number of nitrogens with zero attached hydrogens (tertiary/aromatic N) is 4. The minimum atomic E-state index is -0.711. The van der Waals surface area contributed by atoms with Crippen LogP contribution in [0.5, 0.6) is 0 Å². The monoisotopic (exact) mass is 246 g/mol. The molecule has 2 aromatic heterocycles. The average molecular weight is 246 g/mol. The Morgan fingerprint density at radius 2 is 2.33 bits per heavy atom. The normalized spacial score (nSPS) is 16.9. The van der Waals surface area contributed by atoms with Crippen molar-refractivity contribution < 1.29 is 9.90 Å². The molecule has 0 unspecified atom stereocenters. The van der Waals surface area contributed by atoms with Crippen LogP contribution in [0.4, 0.5) is 0 Å². The highest BCUT2D eigenvalue weighted by molar-refractivity contribution is 5.67.